The van der Waals surface area contributed by atoms with Gasteiger partial charge in [-0.25, -0.2) is 4.39 Å². The maximum Gasteiger partial charge on any atom is 0.295 e. The van der Waals surface area contributed by atoms with Crippen molar-refractivity contribution in [2.24, 2.45) is 0 Å². The molecule has 1 amide bonds. The highest BCUT2D eigenvalue weighted by Crippen LogP contribution is 2.28. The van der Waals surface area contributed by atoms with E-state index in [1.165, 1.54) is 17.8 Å². The van der Waals surface area contributed by atoms with E-state index in [0.717, 1.165) is 31.6 Å². The second kappa shape index (κ2) is 10.2. The molecule has 172 valence electrons. The number of thioether (sulfide) groups is 1. The van der Waals surface area contributed by atoms with Crippen molar-refractivity contribution in [1.29, 1.82) is 0 Å². The minimum absolute atomic E-state index is 0.0404. The molecule has 1 aromatic heterocycles. The summed E-state index contributed by atoms with van der Waals surface area (Å²) in [5, 5.41) is 22.8. The predicted octanol–water partition coefficient (Wildman–Crippen LogP) is 2.07. The minimum Gasteiger partial charge on any atom is -0.378 e. The monoisotopic (exact) mass is 466 g/mol. The lowest BCUT2D eigenvalue weighted by atomic mass is 10.2. The topological polar surface area (TPSA) is 125 Å². The third kappa shape index (κ3) is 5.34. The largest absolute Gasteiger partial charge is 0.378 e. The van der Waals surface area contributed by atoms with Gasteiger partial charge in [0.05, 0.1) is 42.6 Å². The molecule has 0 aliphatic carbocycles. The molecule has 1 unspecified atom stereocenters. The van der Waals surface area contributed by atoms with Gasteiger partial charge in [0.15, 0.2) is 5.16 Å². The van der Waals surface area contributed by atoms with E-state index in [2.05, 4.69) is 20.4 Å². The fourth-order valence-electron chi connectivity index (χ4n) is 3.61. The standard InChI is InChI=1S/C19H23FN6O5S/c20-13-3-4-15(16(10-13)26(28)29)21-17(27)12-32-19-23-22-18(24-5-8-30-9-6-24)25(19)11-14-2-1-7-31-14/h3-4,10,14H,1-2,5-9,11-12H2,(H,21,27). The molecule has 32 heavy (non-hydrogen) atoms. The number of halogens is 1. The van der Waals surface area contributed by atoms with Crippen molar-refractivity contribution < 1.29 is 23.6 Å². The molecule has 13 heteroatoms. The fourth-order valence-corrected chi connectivity index (χ4v) is 4.36. The number of hydrogen-bond donors (Lipinski definition) is 1. The van der Waals surface area contributed by atoms with Crippen molar-refractivity contribution in [3.63, 3.8) is 0 Å². The van der Waals surface area contributed by atoms with Crippen LogP contribution in [0.1, 0.15) is 12.8 Å². The van der Waals surface area contributed by atoms with Gasteiger partial charge in [0.25, 0.3) is 5.69 Å². The maximum atomic E-state index is 13.3. The molecule has 1 N–H and O–H groups in total. The molecule has 0 spiro atoms. The molecule has 3 heterocycles. The summed E-state index contributed by atoms with van der Waals surface area (Å²) in [7, 11) is 0. The van der Waals surface area contributed by atoms with Crippen LogP contribution in [-0.2, 0) is 20.8 Å². The van der Waals surface area contributed by atoms with Gasteiger partial charge < -0.3 is 19.7 Å². The zero-order valence-corrected chi connectivity index (χ0v) is 18.1. The first-order chi connectivity index (χ1) is 15.5. The number of amides is 1. The molecule has 1 atom stereocenters. The Bertz CT molecular complexity index is 977. The van der Waals surface area contributed by atoms with Gasteiger partial charge >= 0.3 is 0 Å². The van der Waals surface area contributed by atoms with Crippen LogP contribution in [0.4, 0.5) is 21.7 Å². The number of nitro benzene ring substituents is 1. The number of carbonyl (C=O) groups is 1. The number of aromatic nitrogens is 3. The number of morpholine rings is 1. The predicted molar refractivity (Wildman–Crippen MR) is 114 cm³/mol. The molecule has 1 aromatic carbocycles. The Labute approximate surface area is 187 Å². The molecule has 2 saturated heterocycles. The number of hydrogen-bond acceptors (Lipinski definition) is 9. The number of nitro groups is 1. The Hall–Kier alpha value is -2.77. The summed E-state index contributed by atoms with van der Waals surface area (Å²) < 4.78 is 26.5. The number of benzene rings is 1. The van der Waals surface area contributed by atoms with Crippen LogP contribution < -0.4 is 10.2 Å². The Balaban J connectivity index is 1.46. The molecule has 2 aromatic rings. The van der Waals surface area contributed by atoms with Crippen molar-refractivity contribution in [3.8, 4) is 0 Å². The summed E-state index contributed by atoms with van der Waals surface area (Å²) in [6, 6.07) is 3.00. The first-order valence-corrected chi connectivity index (χ1v) is 11.2. The van der Waals surface area contributed by atoms with Gasteiger partial charge in [-0.3, -0.25) is 19.5 Å². The van der Waals surface area contributed by atoms with Gasteiger partial charge in [0, 0.05) is 19.7 Å². The van der Waals surface area contributed by atoms with Crippen LogP contribution in [0.5, 0.6) is 0 Å². The molecule has 2 fully saturated rings. The lowest BCUT2D eigenvalue weighted by Crippen LogP contribution is -2.38. The fraction of sp³-hybridized carbons (Fsp3) is 0.526. The van der Waals surface area contributed by atoms with E-state index >= 15 is 0 Å². The first kappa shape index (κ1) is 22.4. The lowest BCUT2D eigenvalue weighted by molar-refractivity contribution is -0.384. The summed E-state index contributed by atoms with van der Waals surface area (Å²) in [6.07, 6.45) is 2.00. The smallest absolute Gasteiger partial charge is 0.295 e. The van der Waals surface area contributed by atoms with Gasteiger partial charge in [-0.1, -0.05) is 11.8 Å². The summed E-state index contributed by atoms with van der Waals surface area (Å²) in [6.45, 7) is 3.91. The summed E-state index contributed by atoms with van der Waals surface area (Å²) in [4.78, 5) is 24.9. The average molecular weight is 466 g/mol. The Morgan fingerprint density at radius 3 is 2.84 bits per heavy atom. The molecule has 0 saturated carbocycles. The van der Waals surface area contributed by atoms with Crippen molar-refractivity contribution in [2.45, 2.75) is 30.6 Å². The van der Waals surface area contributed by atoms with Crippen molar-refractivity contribution in [2.75, 3.05) is 48.9 Å². The molecular weight excluding hydrogens is 443 g/mol. The molecule has 2 aliphatic heterocycles. The molecule has 0 radical (unpaired) electrons. The molecule has 11 nitrogen and oxygen atoms in total. The highest BCUT2D eigenvalue weighted by atomic mass is 32.2. The van der Waals surface area contributed by atoms with Gasteiger partial charge in [0.1, 0.15) is 11.5 Å². The van der Waals surface area contributed by atoms with Crippen LogP contribution in [0.3, 0.4) is 0 Å². The number of ether oxygens (including phenoxy) is 2. The van der Waals surface area contributed by atoms with Crippen molar-refractivity contribution in [1.82, 2.24) is 14.8 Å². The van der Waals surface area contributed by atoms with Gasteiger partial charge in [-0.15, -0.1) is 10.2 Å². The first-order valence-electron chi connectivity index (χ1n) is 10.3. The van der Waals surface area contributed by atoms with E-state index in [-0.39, 0.29) is 17.5 Å². The van der Waals surface area contributed by atoms with E-state index in [4.69, 9.17) is 9.47 Å². The van der Waals surface area contributed by atoms with E-state index < -0.39 is 22.3 Å². The van der Waals surface area contributed by atoms with E-state index in [0.29, 0.717) is 44.0 Å². The van der Waals surface area contributed by atoms with E-state index in [1.807, 2.05) is 4.57 Å². The minimum atomic E-state index is -0.748. The van der Waals surface area contributed by atoms with Crippen LogP contribution in [0, 0.1) is 15.9 Å². The third-order valence-corrected chi connectivity index (χ3v) is 6.13. The molecular formula is C19H23FN6O5S. The lowest BCUT2D eigenvalue weighted by Gasteiger charge is -2.28. The summed E-state index contributed by atoms with van der Waals surface area (Å²) in [5.41, 5.74) is -0.559. The summed E-state index contributed by atoms with van der Waals surface area (Å²) in [5.74, 6) is -0.548. The number of nitrogens with zero attached hydrogens (tertiary/aromatic N) is 5. The van der Waals surface area contributed by atoms with Crippen LogP contribution >= 0.6 is 11.8 Å². The Kier molecular flexibility index (Phi) is 7.17. The van der Waals surface area contributed by atoms with Crippen LogP contribution in [0.25, 0.3) is 0 Å². The second-order valence-electron chi connectivity index (χ2n) is 7.38. The van der Waals surface area contributed by atoms with E-state index in [9.17, 15) is 19.3 Å². The van der Waals surface area contributed by atoms with Gasteiger partial charge in [-0.05, 0) is 25.0 Å². The van der Waals surface area contributed by atoms with Crippen LogP contribution in [0.15, 0.2) is 23.4 Å². The highest BCUT2D eigenvalue weighted by Gasteiger charge is 2.25. The van der Waals surface area contributed by atoms with Crippen molar-refractivity contribution in [3.05, 3.63) is 34.1 Å². The second-order valence-corrected chi connectivity index (χ2v) is 8.33. The Morgan fingerprint density at radius 1 is 1.31 bits per heavy atom. The Morgan fingerprint density at radius 2 is 2.12 bits per heavy atom. The number of carbonyl (C=O) groups excluding carboxylic acids is 1. The molecule has 2 aliphatic rings. The number of nitrogens with one attached hydrogen (secondary N) is 1. The molecule has 0 bridgehead atoms. The molecule has 4 rings (SSSR count). The van der Waals surface area contributed by atoms with Gasteiger partial charge in [0.2, 0.25) is 11.9 Å². The third-order valence-electron chi connectivity index (χ3n) is 5.16. The zero-order valence-electron chi connectivity index (χ0n) is 17.2. The normalized spacial score (nSPS) is 18.7. The number of rotatable bonds is 8. The zero-order chi connectivity index (χ0) is 22.5. The quantitative estimate of drug-likeness (QED) is 0.354. The average Bonchev–Trinajstić information content (AvgIpc) is 3.44. The van der Waals surface area contributed by atoms with Crippen LogP contribution in [-0.4, -0.2) is 70.4 Å². The summed E-state index contributed by atoms with van der Waals surface area (Å²) >= 11 is 1.18. The van der Waals surface area contributed by atoms with Crippen molar-refractivity contribution >= 4 is 35.0 Å². The maximum absolute atomic E-state index is 13.3. The number of anilines is 2. The SMILES string of the molecule is O=C(CSc1nnc(N2CCOCC2)n1CC1CCCO1)Nc1ccc(F)cc1[N+](=O)[O-]. The van der Waals surface area contributed by atoms with Gasteiger partial charge in [-0.2, -0.15) is 0 Å². The van der Waals surface area contributed by atoms with E-state index in [1.54, 1.807) is 0 Å². The highest BCUT2D eigenvalue weighted by molar-refractivity contribution is 7.99. The van der Waals surface area contributed by atoms with Crippen LogP contribution in [0.2, 0.25) is 0 Å².